The van der Waals surface area contributed by atoms with E-state index in [0.717, 1.165) is 5.56 Å². The summed E-state index contributed by atoms with van der Waals surface area (Å²) in [6.07, 6.45) is 5.25. The lowest BCUT2D eigenvalue weighted by molar-refractivity contribution is -0.687. The van der Waals surface area contributed by atoms with Crippen LogP contribution in [0.3, 0.4) is 0 Å². The van der Waals surface area contributed by atoms with Gasteiger partial charge in [0.15, 0.2) is 18.1 Å². The number of imidazole rings is 1. The first-order chi connectivity index (χ1) is 11.5. The molecule has 0 atom stereocenters. The van der Waals surface area contributed by atoms with E-state index in [1.54, 1.807) is 25.5 Å². The molecule has 1 heterocycles. The van der Waals surface area contributed by atoms with E-state index in [4.69, 9.17) is 14.2 Å². The number of carbonyl (C=O) groups excluding carboxylic acids is 2. The molecule has 136 valence electrons. The number of halogens is 1. The molecule has 2 rings (SSSR count). The molecule has 0 saturated carbocycles. The lowest BCUT2D eigenvalue weighted by Gasteiger charge is -2.11. The van der Waals surface area contributed by atoms with Gasteiger partial charge in [-0.1, -0.05) is 6.07 Å². The summed E-state index contributed by atoms with van der Waals surface area (Å²) < 4.78 is 19.0. The van der Waals surface area contributed by atoms with Crippen LogP contribution < -0.4 is 38.0 Å². The van der Waals surface area contributed by atoms with Gasteiger partial charge in [0.05, 0.1) is 13.7 Å². The van der Waals surface area contributed by atoms with Crippen LogP contribution in [0, 0.1) is 0 Å². The zero-order valence-electron chi connectivity index (χ0n) is 14.4. The Labute approximate surface area is 163 Å². The van der Waals surface area contributed by atoms with E-state index in [-0.39, 0.29) is 36.5 Å². The number of hydrogen-bond acceptors (Lipinski definition) is 5. The summed E-state index contributed by atoms with van der Waals surface area (Å²) in [4.78, 5) is 22.7. The number of benzene rings is 1. The van der Waals surface area contributed by atoms with E-state index >= 15 is 0 Å². The van der Waals surface area contributed by atoms with Gasteiger partial charge in [-0.05, 0) is 24.6 Å². The monoisotopic (exact) mass is 460 g/mol. The number of ether oxygens (including phenoxy) is 3. The van der Waals surface area contributed by atoms with Crippen molar-refractivity contribution in [2.75, 3.05) is 20.3 Å². The fraction of sp³-hybridized carbons (Fsp3) is 0.353. The summed E-state index contributed by atoms with van der Waals surface area (Å²) in [5.74, 6) is 0.530. The predicted molar refractivity (Wildman–Crippen MR) is 85.2 cm³/mol. The van der Waals surface area contributed by atoms with Crippen LogP contribution in [0.5, 0.6) is 11.5 Å². The number of hydrogen-bond donors (Lipinski definition) is 0. The van der Waals surface area contributed by atoms with E-state index in [0.29, 0.717) is 24.7 Å². The predicted octanol–water partition coefficient (Wildman–Crippen LogP) is -1.56. The van der Waals surface area contributed by atoms with Crippen LogP contribution >= 0.6 is 0 Å². The summed E-state index contributed by atoms with van der Waals surface area (Å²) in [5, 5.41) is 0. The highest BCUT2D eigenvalue weighted by molar-refractivity contribution is 5.75. The van der Waals surface area contributed by atoms with Crippen molar-refractivity contribution >= 4 is 11.9 Å². The van der Waals surface area contributed by atoms with Crippen molar-refractivity contribution in [1.29, 1.82) is 0 Å². The van der Waals surface area contributed by atoms with E-state index in [2.05, 4.69) is 0 Å². The third-order valence-electron chi connectivity index (χ3n) is 3.30. The van der Waals surface area contributed by atoms with Crippen molar-refractivity contribution in [3.8, 4) is 11.5 Å². The number of rotatable bonds is 7. The highest BCUT2D eigenvalue weighted by Crippen LogP contribution is 2.28. The summed E-state index contributed by atoms with van der Waals surface area (Å²) in [7, 11) is 1.54. The Morgan fingerprint density at radius 3 is 2.60 bits per heavy atom. The molecule has 0 spiro atoms. The molecule has 0 saturated heterocycles. The van der Waals surface area contributed by atoms with Crippen LogP contribution in [-0.4, -0.2) is 36.8 Å². The molecule has 0 fully saturated rings. The lowest BCUT2D eigenvalue weighted by atomic mass is 10.2. The van der Waals surface area contributed by atoms with Gasteiger partial charge in [-0.3, -0.25) is 0 Å². The van der Waals surface area contributed by atoms with Crippen molar-refractivity contribution < 1.29 is 52.3 Å². The SMILES string of the molecule is CCOC(=O)COc1ccc(C[n+]2ccn(C(C)=O)c2)cc1OC.[I-]. The molecule has 0 unspecified atom stereocenters. The zero-order chi connectivity index (χ0) is 17.5. The molecule has 8 heteroatoms. The average Bonchev–Trinajstić information content (AvgIpc) is 3.02. The molecule has 1 aromatic carbocycles. The second-order valence-corrected chi connectivity index (χ2v) is 5.09. The Balaban J connectivity index is 0.00000312. The maximum absolute atomic E-state index is 11.4. The first kappa shape index (κ1) is 20.9. The summed E-state index contributed by atoms with van der Waals surface area (Å²) in [6, 6.07) is 5.45. The van der Waals surface area contributed by atoms with Gasteiger partial charge in [0, 0.05) is 6.92 Å². The van der Waals surface area contributed by atoms with Gasteiger partial charge < -0.3 is 38.2 Å². The minimum absolute atomic E-state index is 0. The van der Waals surface area contributed by atoms with Crippen molar-refractivity contribution in [2.45, 2.75) is 20.4 Å². The van der Waals surface area contributed by atoms with Gasteiger partial charge in [-0.2, -0.15) is 4.57 Å². The molecule has 0 radical (unpaired) electrons. The van der Waals surface area contributed by atoms with Gasteiger partial charge in [-0.25, -0.2) is 14.2 Å². The van der Waals surface area contributed by atoms with Gasteiger partial charge in [0.2, 0.25) is 0 Å². The lowest BCUT2D eigenvalue weighted by Crippen LogP contribution is -3.00. The molecule has 0 bridgehead atoms. The molecular weight excluding hydrogens is 439 g/mol. The molecule has 7 nitrogen and oxygen atoms in total. The zero-order valence-corrected chi connectivity index (χ0v) is 16.6. The summed E-state index contributed by atoms with van der Waals surface area (Å²) >= 11 is 0. The largest absolute Gasteiger partial charge is 1.00 e. The van der Waals surface area contributed by atoms with Crippen molar-refractivity contribution in [1.82, 2.24) is 4.57 Å². The van der Waals surface area contributed by atoms with Crippen LogP contribution in [0.1, 0.15) is 24.2 Å². The van der Waals surface area contributed by atoms with E-state index in [9.17, 15) is 9.59 Å². The van der Waals surface area contributed by atoms with Crippen molar-refractivity contribution in [2.24, 2.45) is 0 Å². The van der Waals surface area contributed by atoms with Crippen LogP contribution in [-0.2, 0) is 16.1 Å². The Hall–Kier alpha value is -2.10. The molecule has 2 aromatic rings. The Bertz CT molecular complexity index is 730. The Morgan fingerprint density at radius 2 is 2.00 bits per heavy atom. The third-order valence-corrected chi connectivity index (χ3v) is 3.30. The molecule has 0 aliphatic carbocycles. The maximum atomic E-state index is 11.4. The molecule has 0 aliphatic rings. The Morgan fingerprint density at radius 1 is 1.24 bits per heavy atom. The second kappa shape index (κ2) is 10.0. The van der Waals surface area contributed by atoms with Crippen LogP contribution in [0.4, 0.5) is 0 Å². The van der Waals surface area contributed by atoms with Gasteiger partial charge in [0.1, 0.15) is 18.9 Å². The van der Waals surface area contributed by atoms with Crippen molar-refractivity contribution in [3.63, 3.8) is 0 Å². The van der Waals surface area contributed by atoms with E-state index in [1.165, 1.54) is 18.6 Å². The number of esters is 1. The fourth-order valence-corrected chi connectivity index (χ4v) is 2.15. The summed E-state index contributed by atoms with van der Waals surface area (Å²) in [5.41, 5.74) is 0.974. The third kappa shape index (κ3) is 6.04. The smallest absolute Gasteiger partial charge is 0.344 e. The molecular formula is C17H21IN2O5. The normalized spacial score (nSPS) is 9.88. The first-order valence-electron chi connectivity index (χ1n) is 7.56. The molecule has 25 heavy (non-hydrogen) atoms. The standard InChI is InChI=1S/C17H21N2O5.HI/c1-4-23-17(21)11-24-15-6-5-14(9-16(15)22-3)10-18-7-8-19(12-18)13(2)20;/h5-9,12H,4,10-11H2,1-3H3;1H/q+1;/p-1. The molecule has 1 aromatic heterocycles. The number of methoxy groups -OCH3 is 1. The van der Waals surface area contributed by atoms with E-state index < -0.39 is 5.97 Å². The number of nitrogens with zero attached hydrogens (tertiary/aromatic N) is 2. The number of carbonyl (C=O) groups is 2. The minimum atomic E-state index is -0.426. The topological polar surface area (TPSA) is 70.6 Å². The maximum Gasteiger partial charge on any atom is 0.344 e. The van der Waals surface area contributed by atoms with E-state index in [1.807, 2.05) is 22.9 Å². The minimum Gasteiger partial charge on any atom is -1.00 e. The highest BCUT2D eigenvalue weighted by atomic mass is 127. The van der Waals surface area contributed by atoms with Crippen LogP contribution in [0.25, 0.3) is 0 Å². The van der Waals surface area contributed by atoms with Gasteiger partial charge in [-0.15, -0.1) is 0 Å². The first-order valence-corrected chi connectivity index (χ1v) is 7.56. The second-order valence-electron chi connectivity index (χ2n) is 5.09. The molecule has 0 N–H and O–H groups in total. The fourth-order valence-electron chi connectivity index (χ4n) is 2.15. The van der Waals surface area contributed by atoms with Crippen molar-refractivity contribution in [3.05, 3.63) is 42.5 Å². The molecule has 0 aliphatic heterocycles. The van der Waals surface area contributed by atoms with Crippen LogP contribution in [0.15, 0.2) is 36.9 Å². The van der Waals surface area contributed by atoms with Crippen LogP contribution in [0.2, 0.25) is 0 Å². The summed E-state index contributed by atoms with van der Waals surface area (Å²) in [6.45, 7) is 3.97. The number of aromatic nitrogens is 2. The molecule has 0 amide bonds. The van der Waals surface area contributed by atoms with Gasteiger partial charge in [0.25, 0.3) is 6.33 Å². The highest BCUT2D eigenvalue weighted by Gasteiger charge is 2.12. The van der Waals surface area contributed by atoms with Gasteiger partial charge >= 0.3 is 11.9 Å². The quantitative estimate of drug-likeness (QED) is 0.284. The average molecular weight is 460 g/mol. The Kier molecular flexibility index (Phi) is 8.39.